The first kappa shape index (κ1) is 17.4. The summed E-state index contributed by atoms with van der Waals surface area (Å²) in [5, 5.41) is 2.79. The molecule has 0 bridgehead atoms. The molecule has 0 aliphatic carbocycles. The SMILES string of the molecule is Cc1ccc(C(=O)Nc2ccc3c(c2)C(=O)N(C[C@H]2CCCO2)C3=O)cc1. The van der Waals surface area contributed by atoms with Gasteiger partial charge in [-0.1, -0.05) is 17.7 Å². The summed E-state index contributed by atoms with van der Waals surface area (Å²) in [6, 6.07) is 12.0. The molecule has 0 spiro atoms. The highest BCUT2D eigenvalue weighted by molar-refractivity contribution is 6.22. The second kappa shape index (κ2) is 6.96. The topological polar surface area (TPSA) is 75.7 Å². The molecule has 0 radical (unpaired) electrons. The molecule has 0 saturated carbocycles. The molecule has 2 aliphatic rings. The number of aryl methyl sites for hydroxylation is 1. The molecule has 6 heteroatoms. The number of imide groups is 1. The summed E-state index contributed by atoms with van der Waals surface area (Å²) in [5.74, 6) is -0.901. The highest BCUT2D eigenvalue weighted by Crippen LogP contribution is 2.27. The molecule has 0 unspecified atom stereocenters. The molecule has 2 aromatic rings. The molecule has 1 atom stereocenters. The maximum atomic E-state index is 12.7. The lowest BCUT2D eigenvalue weighted by Gasteiger charge is -2.17. The fraction of sp³-hybridized carbons (Fsp3) is 0.286. The van der Waals surface area contributed by atoms with Crippen molar-refractivity contribution in [1.82, 2.24) is 4.90 Å². The van der Waals surface area contributed by atoms with E-state index in [0.29, 0.717) is 29.0 Å². The molecule has 2 aromatic carbocycles. The number of nitrogens with one attached hydrogen (secondary N) is 1. The van der Waals surface area contributed by atoms with Crippen molar-refractivity contribution in [2.45, 2.75) is 25.9 Å². The van der Waals surface area contributed by atoms with Gasteiger partial charge < -0.3 is 10.1 Å². The predicted octanol–water partition coefficient (Wildman–Crippen LogP) is 3.02. The van der Waals surface area contributed by atoms with Gasteiger partial charge in [0.15, 0.2) is 0 Å². The zero-order valence-corrected chi connectivity index (χ0v) is 15.0. The standard InChI is InChI=1S/C21H20N2O4/c1-13-4-6-14(7-5-13)19(24)22-15-8-9-17-18(11-15)21(26)23(20(17)25)12-16-3-2-10-27-16/h4-9,11,16H,2-3,10,12H2,1H3,(H,22,24)/t16-/m1/s1. The number of hydrogen-bond donors (Lipinski definition) is 1. The lowest BCUT2D eigenvalue weighted by atomic mass is 10.1. The average molecular weight is 364 g/mol. The van der Waals surface area contributed by atoms with Gasteiger partial charge in [-0.3, -0.25) is 19.3 Å². The van der Waals surface area contributed by atoms with Gasteiger partial charge in [-0.05, 0) is 50.1 Å². The normalized spacial score (nSPS) is 18.7. The van der Waals surface area contributed by atoms with Crippen LogP contribution in [0.2, 0.25) is 0 Å². The van der Waals surface area contributed by atoms with Gasteiger partial charge in [0.1, 0.15) is 0 Å². The number of hydrogen-bond acceptors (Lipinski definition) is 4. The molecule has 1 saturated heterocycles. The van der Waals surface area contributed by atoms with Crippen molar-refractivity contribution in [2.75, 3.05) is 18.5 Å². The Morgan fingerprint density at radius 3 is 2.56 bits per heavy atom. The van der Waals surface area contributed by atoms with Crippen LogP contribution in [-0.4, -0.2) is 41.9 Å². The van der Waals surface area contributed by atoms with E-state index >= 15 is 0 Å². The molecule has 3 amide bonds. The smallest absolute Gasteiger partial charge is 0.261 e. The Morgan fingerprint density at radius 1 is 1.11 bits per heavy atom. The monoisotopic (exact) mass is 364 g/mol. The van der Waals surface area contributed by atoms with Gasteiger partial charge in [-0.2, -0.15) is 0 Å². The fourth-order valence-electron chi connectivity index (χ4n) is 3.43. The van der Waals surface area contributed by atoms with Crippen LogP contribution in [0.3, 0.4) is 0 Å². The number of carbonyl (C=O) groups is 3. The number of nitrogens with zero attached hydrogens (tertiary/aromatic N) is 1. The summed E-state index contributed by atoms with van der Waals surface area (Å²) in [5.41, 5.74) is 2.77. The summed E-state index contributed by atoms with van der Waals surface area (Å²) in [6.45, 7) is 2.90. The first-order valence-electron chi connectivity index (χ1n) is 9.03. The first-order valence-corrected chi connectivity index (χ1v) is 9.03. The summed E-state index contributed by atoms with van der Waals surface area (Å²) in [7, 11) is 0. The summed E-state index contributed by atoms with van der Waals surface area (Å²) < 4.78 is 5.54. The number of rotatable bonds is 4. The lowest BCUT2D eigenvalue weighted by molar-refractivity contribution is 0.0475. The number of carbonyl (C=O) groups excluding carboxylic acids is 3. The van der Waals surface area contributed by atoms with Gasteiger partial charge in [0, 0.05) is 17.9 Å². The molecule has 1 fully saturated rings. The van der Waals surface area contributed by atoms with Crippen LogP contribution in [0.4, 0.5) is 5.69 Å². The van der Waals surface area contributed by atoms with Crippen LogP contribution in [-0.2, 0) is 4.74 Å². The van der Waals surface area contributed by atoms with Gasteiger partial charge in [-0.25, -0.2) is 0 Å². The lowest BCUT2D eigenvalue weighted by Crippen LogP contribution is -2.36. The van der Waals surface area contributed by atoms with Crippen molar-refractivity contribution < 1.29 is 19.1 Å². The van der Waals surface area contributed by atoms with Gasteiger partial charge in [0.2, 0.25) is 0 Å². The minimum Gasteiger partial charge on any atom is -0.376 e. The third-order valence-corrected chi connectivity index (χ3v) is 4.95. The van der Waals surface area contributed by atoms with Crippen LogP contribution >= 0.6 is 0 Å². The maximum Gasteiger partial charge on any atom is 0.261 e. The third kappa shape index (κ3) is 3.36. The van der Waals surface area contributed by atoms with Crippen molar-refractivity contribution in [2.24, 2.45) is 0 Å². The van der Waals surface area contributed by atoms with E-state index in [9.17, 15) is 14.4 Å². The van der Waals surface area contributed by atoms with E-state index in [1.807, 2.05) is 19.1 Å². The summed E-state index contributed by atoms with van der Waals surface area (Å²) in [6.07, 6.45) is 1.71. The Balaban J connectivity index is 1.52. The molecule has 6 nitrogen and oxygen atoms in total. The molecule has 4 rings (SSSR count). The Labute approximate surface area is 157 Å². The second-order valence-corrected chi connectivity index (χ2v) is 6.94. The van der Waals surface area contributed by atoms with E-state index in [4.69, 9.17) is 4.74 Å². The van der Waals surface area contributed by atoms with E-state index in [2.05, 4.69) is 5.32 Å². The molecule has 2 heterocycles. The molecule has 1 N–H and O–H groups in total. The number of ether oxygens (including phenoxy) is 1. The Morgan fingerprint density at radius 2 is 1.85 bits per heavy atom. The Bertz CT molecular complexity index is 914. The zero-order chi connectivity index (χ0) is 19.0. The highest BCUT2D eigenvalue weighted by atomic mass is 16.5. The van der Waals surface area contributed by atoms with Crippen LogP contribution in [0.5, 0.6) is 0 Å². The van der Waals surface area contributed by atoms with E-state index in [-0.39, 0.29) is 30.4 Å². The van der Waals surface area contributed by atoms with Crippen molar-refractivity contribution in [3.05, 3.63) is 64.7 Å². The van der Waals surface area contributed by atoms with Crippen LogP contribution < -0.4 is 5.32 Å². The van der Waals surface area contributed by atoms with Crippen LogP contribution in [0.25, 0.3) is 0 Å². The fourth-order valence-corrected chi connectivity index (χ4v) is 3.43. The van der Waals surface area contributed by atoms with Crippen molar-refractivity contribution in [3.8, 4) is 0 Å². The molecule has 2 aliphatic heterocycles. The highest BCUT2D eigenvalue weighted by Gasteiger charge is 2.37. The van der Waals surface area contributed by atoms with Gasteiger partial charge in [0.25, 0.3) is 17.7 Å². The van der Waals surface area contributed by atoms with Gasteiger partial charge in [-0.15, -0.1) is 0 Å². The van der Waals surface area contributed by atoms with Crippen molar-refractivity contribution in [3.63, 3.8) is 0 Å². The zero-order valence-electron chi connectivity index (χ0n) is 15.0. The first-order chi connectivity index (χ1) is 13.0. The quantitative estimate of drug-likeness (QED) is 0.846. The van der Waals surface area contributed by atoms with E-state index in [1.165, 1.54) is 4.90 Å². The Kier molecular flexibility index (Phi) is 4.49. The maximum absolute atomic E-state index is 12.7. The minimum atomic E-state index is -0.336. The molecule has 27 heavy (non-hydrogen) atoms. The van der Waals surface area contributed by atoms with Crippen molar-refractivity contribution in [1.29, 1.82) is 0 Å². The summed E-state index contributed by atoms with van der Waals surface area (Å²) in [4.78, 5) is 38.8. The second-order valence-electron chi connectivity index (χ2n) is 6.94. The molecular formula is C21H20N2O4. The predicted molar refractivity (Wildman–Crippen MR) is 99.9 cm³/mol. The van der Waals surface area contributed by atoms with E-state index in [1.54, 1.807) is 30.3 Å². The van der Waals surface area contributed by atoms with Gasteiger partial charge in [0.05, 0.1) is 23.8 Å². The molecule has 0 aromatic heterocycles. The van der Waals surface area contributed by atoms with Crippen LogP contribution in [0.15, 0.2) is 42.5 Å². The van der Waals surface area contributed by atoms with Gasteiger partial charge >= 0.3 is 0 Å². The van der Waals surface area contributed by atoms with Crippen LogP contribution in [0, 0.1) is 6.92 Å². The number of anilines is 1. The number of fused-ring (bicyclic) bond motifs is 1. The van der Waals surface area contributed by atoms with Crippen LogP contribution in [0.1, 0.15) is 49.5 Å². The van der Waals surface area contributed by atoms with E-state index < -0.39 is 0 Å². The van der Waals surface area contributed by atoms with E-state index in [0.717, 1.165) is 18.4 Å². The summed E-state index contributed by atoms with van der Waals surface area (Å²) >= 11 is 0. The number of amides is 3. The Hall–Kier alpha value is -2.99. The third-order valence-electron chi connectivity index (χ3n) is 4.95. The van der Waals surface area contributed by atoms with Crippen molar-refractivity contribution >= 4 is 23.4 Å². The average Bonchev–Trinajstić information content (AvgIpc) is 3.25. The minimum absolute atomic E-state index is 0.0899. The number of benzene rings is 2. The molecule has 138 valence electrons. The molecular weight excluding hydrogens is 344 g/mol. The largest absolute Gasteiger partial charge is 0.376 e.